The molecule has 3 heterocycles. The lowest BCUT2D eigenvalue weighted by Gasteiger charge is -2.34. The minimum Gasteiger partial charge on any atom is -0.466 e. The number of carbonyl (C=O) groups excluding carboxylic acids is 1. The van der Waals surface area contributed by atoms with Gasteiger partial charge in [-0.05, 0) is 82.9 Å². The van der Waals surface area contributed by atoms with Crippen LogP contribution in [0.2, 0.25) is 0 Å². The summed E-state index contributed by atoms with van der Waals surface area (Å²) in [5, 5.41) is 14.0. The van der Waals surface area contributed by atoms with Crippen LogP contribution >= 0.6 is 0 Å². The van der Waals surface area contributed by atoms with Crippen molar-refractivity contribution in [2.45, 2.75) is 51.2 Å². The van der Waals surface area contributed by atoms with Crippen LogP contribution in [0.15, 0.2) is 24.5 Å². The second kappa shape index (κ2) is 12.3. The topological polar surface area (TPSA) is 77.9 Å². The van der Waals surface area contributed by atoms with Crippen LogP contribution in [0.3, 0.4) is 0 Å². The monoisotopic (exact) mass is 418 g/mol. The minimum absolute atomic E-state index is 0.0280. The zero-order valence-electron chi connectivity index (χ0n) is 18.3. The average molecular weight is 419 g/mol. The maximum Gasteiger partial charge on any atom is 0.309 e. The molecular weight excluding hydrogens is 380 g/mol. The van der Waals surface area contributed by atoms with Crippen molar-refractivity contribution in [1.29, 1.82) is 0 Å². The van der Waals surface area contributed by atoms with E-state index in [1.807, 2.05) is 19.3 Å². The predicted octanol–water partition coefficient (Wildman–Crippen LogP) is 1.31. The van der Waals surface area contributed by atoms with Gasteiger partial charge in [0, 0.05) is 38.1 Å². The molecule has 0 bridgehead atoms. The van der Waals surface area contributed by atoms with Crippen LogP contribution in [-0.4, -0.2) is 90.4 Å². The summed E-state index contributed by atoms with van der Waals surface area (Å²) in [4.78, 5) is 20.7. The molecule has 7 nitrogen and oxygen atoms in total. The first-order valence-corrected chi connectivity index (χ1v) is 11.6. The molecule has 0 saturated carbocycles. The summed E-state index contributed by atoms with van der Waals surface area (Å²) in [7, 11) is 0. The van der Waals surface area contributed by atoms with E-state index in [0.29, 0.717) is 25.7 Å². The SMILES string of the molecule is CCOC(=O)C1CCN(CC(O)CNC2CCN(CCc3ccncc3)CC2)CC1. The number of hydrogen-bond acceptors (Lipinski definition) is 7. The van der Waals surface area contributed by atoms with Gasteiger partial charge >= 0.3 is 5.97 Å². The van der Waals surface area contributed by atoms with Gasteiger partial charge in [-0.3, -0.25) is 9.78 Å². The number of carbonyl (C=O) groups is 1. The first-order valence-electron chi connectivity index (χ1n) is 11.6. The van der Waals surface area contributed by atoms with Gasteiger partial charge in [0.1, 0.15) is 0 Å². The Morgan fingerprint density at radius 1 is 1.17 bits per heavy atom. The molecule has 2 N–H and O–H groups in total. The summed E-state index contributed by atoms with van der Waals surface area (Å²) in [6, 6.07) is 4.68. The van der Waals surface area contributed by atoms with E-state index < -0.39 is 0 Å². The maximum atomic E-state index is 11.8. The molecule has 168 valence electrons. The van der Waals surface area contributed by atoms with Crippen molar-refractivity contribution in [1.82, 2.24) is 20.1 Å². The molecule has 3 rings (SSSR count). The number of β-amino-alcohol motifs (C(OH)–C–C–N with tert-alkyl or cyclic N) is 1. The Morgan fingerprint density at radius 3 is 2.50 bits per heavy atom. The molecule has 1 atom stereocenters. The second-order valence-corrected chi connectivity index (χ2v) is 8.61. The fourth-order valence-corrected chi connectivity index (χ4v) is 4.47. The van der Waals surface area contributed by atoms with E-state index in [-0.39, 0.29) is 18.0 Å². The Labute approximate surface area is 180 Å². The zero-order valence-corrected chi connectivity index (χ0v) is 18.3. The zero-order chi connectivity index (χ0) is 21.2. The Morgan fingerprint density at radius 2 is 1.83 bits per heavy atom. The van der Waals surface area contributed by atoms with E-state index in [9.17, 15) is 9.90 Å². The van der Waals surface area contributed by atoms with Crippen molar-refractivity contribution in [2.75, 3.05) is 52.4 Å². The number of nitrogens with zero attached hydrogens (tertiary/aromatic N) is 3. The highest BCUT2D eigenvalue weighted by molar-refractivity contribution is 5.72. The molecule has 30 heavy (non-hydrogen) atoms. The number of aliphatic hydroxyl groups excluding tert-OH is 1. The number of ether oxygens (including phenoxy) is 1. The first kappa shape index (κ1) is 23.1. The van der Waals surface area contributed by atoms with Crippen LogP contribution in [0, 0.1) is 5.92 Å². The number of likely N-dealkylation sites (tertiary alicyclic amines) is 2. The van der Waals surface area contributed by atoms with Crippen molar-refractivity contribution < 1.29 is 14.6 Å². The molecule has 2 fully saturated rings. The minimum atomic E-state index is -0.367. The standard InChI is InChI=1S/C23H38N4O3/c1-2-30-23(29)20-6-13-27(14-7-20)18-22(28)17-25-21-8-15-26(16-9-21)12-5-19-3-10-24-11-4-19/h3-4,10-11,20-22,25,28H,2,5-9,12-18H2,1H3. The highest BCUT2D eigenvalue weighted by atomic mass is 16.5. The lowest BCUT2D eigenvalue weighted by Crippen LogP contribution is -2.47. The van der Waals surface area contributed by atoms with E-state index in [2.05, 4.69) is 32.2 Å². The van der Waals surface area contributed by atoms with Gasteiger partial charge in [0.25, 0.3) is 0 Å². The van der Waals surface area contributed by atoms with Gasteiger partial charge in [-0.15, -0.1) is 0 Å². The number of nitrogens with one attached hydrogen (secondary N) is 1. The fourth-order valence-electron chi connectivity index (χ4n) is 4.47. The molecule has 2 aliphatic heterocycles. The van der Waals surface area contributed by atoms with Crippen LogP contribution < -0.4 is 5.32 Å². The van der Waals surface area contributed by atoms with Crippen LogP contribution in [0.5, 0.6) is 0 Å². The number of hydrogen-bond donors (Lipinski definition) is 2. The van der Waals surface area contributed by atoms with Crippen LogP contribution in [0.1, 0.15) is 38.2 Å². The molecule has 0 radical (unpaired) electrons. The number of rotatable bonds is 10. The third-order valence-electron chi connectivity index (χ3n) is 6.37. The van der Waals surface area contributed by atoms with Crippen molar-refractivity contribution in [3.8, 4) is 0 Å². The second-order valence-electron chi connectivity index (χ2n) is 8.61. The molecule has 0 amide bonds. The van der Waals surface area contributed by atoms with E-state index in [4.69, 9.17) is 4.74 Å². The smallest absolute Gasteiger partial charge is 0.309 e. The maximum absolute atomic E-state index is 11.8. The molecule has 0 spiro atoms. The average Bonchev–Trinajstić information content (AvgIpc) is 2.78. The summed E-state index contributed by atoms with van der Waals surface area (Å²) >= 11 is 0. The normalized spacial score (nSPS) is 20.9. The van der Waals surface area contributed by atoms with Crippen molar-refractivity contribution in [3.63, 3.8) is 0 Å². The summed E-state index contributed by atoms with van der Waals surface area (Å²) in [5.41, 5.74) is 1.35. The first-order chi connectivity index (χ1) is 14.6. The highest BCUT2D eigenvalue weighted by Crippen LogP contribution is 2.19. The molecule has 1 aromatic rings. The number of piperidine rings is 2. The summed E-state index contributed by atoms with van der Waals surface area (Å²) in [6.07, 6.45) is 8.36. The molecule has 0 aromatic carbocycles. The number of aliphatic hydroxyl groups is 1. The summed E-state index contributed by atoms with van der Waals surface area (Å²) in [6.45, 7) is 8.65. The number of aromatic nitrogens is 1. The van der Waals surface area contributed by atoms with Crippen molar-refractivity contribution in [2.24, 2.45) is 5.92 Å². The van der Waals surface area contributed by atoms with Crippen LogP contribution in [0.4, 0.5) is 0 Å². The van der Waals surface area contributed by atoms with E-state index in [1.54, 1.807) is 0 Å². The van der Waals surface area contributed by atoms with Crippen LogP contribution in [0.25, 0.3) is 0 Å². The summed E-state index contributed by atoms with van der Waals surface area (Å²) < 4.78 is 5.13. The third kappa shape index (κ3) is 7.61. The molecule has 1 unspecified atom stereocenters. The highest BCUT2D eigenvalue weighted by Gasteiger charge is 2.27. The van der Waals surface area contributed by atoms with Gasteiger partial charge in [-0.25, -0.2) is 0 Å². The van der Waals surface area contributed by atoms with Gasteiger partial charge < -0.3 is 25.0 Å². The fraction of sp³-hybridized carbons (Fsp3) is 0.739. The predicted molar refractivity (Wildman–Crippen MR) is 117 cm³/mol. The Bertz CT molecular complexity index is 614. The van der Waals surface area contributed by atoms with Gasteiger partial charge in [0.05, 0.1) is 18.6 Å². The Hall–Kier alpha value is -1.54. The quantitative estimate of drug-likeness (QED) is 0.555. The largest absolute Gasteiger partial charge is 0.466 e. The number of esters is 1. The summed E-state index contributed by atoms with van der Waals surface area (Å²) in [5.74, 6) is -0.0355. The van der Waals surface area contributed by atoms with Crippen LogP contribution in [-0.2, 0) is 16.0 Å². The van der Waals surface area contributed by atoms with Crippen molar-refractivity contribution >= 4 is 5.97 Å². The van der Waals surface area contributed by atoms with Crippen molar-refractivity contribution in [3.05, 3.63) is 30.1 Å². The molecule has 2 aliphatic rings. The van der Waals surface area contributed by atoms with Gasteiger partial charge in [-0.2, -0.15) is 0 Å². The lowest BCUT2D eigenvalue weighted by atomic mass is 9.97. The van der Waals surface area contributed by atoms with E-state index >= 15 is 0 Å². The third-order valence-corrected chi connectivity index (χ3v) is 6.37. The molecular formula is C23H38N4O3. The molecule has 2 saturated heterocycles. The molecule has 0 aliphatic carbocycles. The van der Waals surface area contributed by atoms with E-state index in [1.165, 1.54) is 5.56 Å². The molecule has 7 heteroatoms. The van der Waals surface area contributed by atoms with Gasteiger partial charge in [0.15, 0.2) is 0 Å². The van der Waals surface area contributed by atoms with E-state index in [0.717, 1.165) is 64.8 Å². The van der Waals surface area contributed by atoms with Gasteiger partial charge in [0.2, 0.25) is 0 Å². The number of pyridine rings is 1. The Kier molecular flexibility index (Phi) is 9.52. The van der Waals surface area contributed by atoms with Gasteiger partial charge in [-0.1, -0.05) is 0 Å². The molecule has 1 aromatic heterocycles. The lowest BCUT2D eigenvalue weighted by molar-refractivity contribution is -0.149. The Balaban J connectivity index is 1.25.